The molecule has 42 heavy (non-hydrogen) atoms. The van der Waals surface area contributed by atoms with Gasteiger partial charge in [-0.25, -0.2) is 8.42 Å². The van der Waals surface area contributed by atoms with Crippen molar-refractivity contribution in [1.82, 2.24) is 9.47 Å². The predicted molar refractivity (Wildman–Crippen MR) is 154 cm³/mol. The summed E-state index contributed by atoms with van der Waals surface area (Å²) in [7, 11) is 0.987. The monoisotopic (exact) mass is 615 g/mol. The lowest BCUT2D eigenvalue weighted by molar-refractivity contribution is -0.727. The smallest absolute Gasteiger partial charge is 0.315 e. The van der Waals surface area contributed by atoms with E-state index in [0.717, 1.165) is 5.39 Å². The van der Waals surface area contributed by atoms with Crippen LogP contribution >= 0.6 is 11.6 Å². The van der Waals surface area contributed by atoms with Gasteiger partial charge in [-0.15, -0.1) is 0 Å². The van der Waals surface area contributed by atoms with Crippen molar-refractivity contribution in [3.05, 3.63) is 94.4 Å². The molecule has 0 saturated carbocycles. The Morgan fingerprint density at radius 1 is 1.05 bits per heavy atom. The number of hydrogen-bond acceptors (Lipinski definition) is 8. The Morgan fingerprint density at radius 3 is 2.29 bits per heavy atom. The number of methoxy groups -OCH3 is 1. The summed E-state index contributed by atoms with van der Waals surface area (Å²) in [6.07, 6.45) is 3.90. The predicted octanol–water partition coefficient (Wildman–Crippen LogP) is 3.19. The van der Waals surface area contributed by atoms with Crippen LogP contribution in [0.3, 0.4) is 0 Å². The van der Waals surface area contributed by atoms with Crippen molar-refractivity contribution in [2.45, 2.75) is 20.1 Å². The summed E-state index contributed by atoms with van der Waals surface area (Å²) in [4.78, 5) is 40.0. The van der Waals surface area contributed by atoms with Crippen LogP contribution < -0.4 is 9.30 Å². The molecule has 0 atom stereocenters. The number of benzene rings is 2. The molecular formula is C29H30ClN3O8S. The molecule has 0 aliphatic rings. The van der Waals surface area contributed by atoms with E-state index in [1.807, 2.05) is 6.07 Å². The van der Waals surface area contributed by atoms with Gasteiger partial charge >= 0.3 is 5.97 Å². The SMILES string of the molecule is COc1ccc2c(c1)c(CC(=O)OC[n+]1cccc(C(=O)N(C)C)c1)c(C)n2C(=O)c1ccc(Cl)cc1.CS(=O)(=O)[O-]. The third kappa shape index (κ3) is 8.38. The highest BCUT2D eigenvalue weighted by atomic mass is 35.5. The summed E-state index contributed by atoms with van der Waals surface area (Å²) in [5.41, 5.74) is 2.91. The van der Waals surface area contributed by atoms with Gasteiger partial charge in [0.25, 0.3) is 18.5 Å². The Bertz CT molecular complexity index is 1720. The molecule has 0 spiro atoms. The van der Waals surface area contributed by atoms with E-state index in [4.69, 9.17) is 34.0 Å². The second-order valence-electron chi connectivity index (χ2n) is 9.43. The third-order valence-corrected chi connectivity index (χ3v) is 6.30. The Kier molecular flexibility index (Phi) is 10.4. The molecule has 2 aromatic heterocycles. The molecule has 4 rings (SSSR count). The number of carbonyl (C=O) groups excluding carboxylic acids is 3. The van der Waals surface area contributed by atoms with Crippen molar-refractivity contribution < 1.29 is 41.4 Å². The van der Waals surface area contributed by atoms with Gasteiger partial charge in [-0.2, -0.15) is 4.57 Å². The normalized spacial score (nSPS) is 10.9. The molecule has 13 heteroatoms. The lowest BCUT2D eigenvalue weighted by Gasteiger charge is -2.09. The first-order valence-electron chi connectivity index (χ1n) is 12.4. The lowest BCUT2D eigenvalue weighted by Crippen LogP contribution is -2.37. The van der Waals surface area contributed by atoms with E-state index in [1.165, 1.54) is 4.90 Å². The minimum Gasteiger partial charge on any atom is -0.748 e. The molecule has 0 radical (unpaired) electrons. The standard InChI is InChI=1S/C28H27ClN3O5.CH4O3S/c1-18-23(15-26(33)37-17-31-13-5-6-20(16-31)27(34)30(2)3)24-14-22(36-4)11-12-25(24)32(18)28(35)19-7-9-21(29)10-8-19;1-5(2,3)4/h5-14,16H,15,17H2,1-4H3;1H3,(H,2,3,4)/q+1;/p-1. The van der Waals surface area contributed by atoms with Crippen LogP contribution in [-0.4, -0.2) is 67.7 Å². The summed E-state index contributed by atoms with van der Waals surface area (Å²) < 4.78 is 41.3. The molecule has 1 amide bonds. The van der Waals surface area contributed by atoms with Crippen LogP contribution in [0.15, 0.2) is 67.0 Å². The maximum atomic E-state index is 13.4. The summed E-state index contributed by atoms with van der Waals surface area (Å²) in [6, 6.07) is 15.5. The molecule has 2 aromatic carbocycles. The first-order chi connectivity index (χ1) is 19.7. The zero-order valence-electron chi connectivity index (χ0n) is 23.7. The molecule has 0 fully saturated rings. The summed E-state index contributed by atoms with van der Waals surface area (Å²) in [5.74, 6) is -0.248. The fraction of sp³-hybridized carbons (Fsp3) is 0.241. The van der Waals surface area contributed by atoms with Crippen molar-refractivity contribution in [1.29, 1.82) is 0 Å². The van der Waals surface area contributed by atoms with E-state index in [-0.39, 0.29) is 25.0 Å². The van der Waals surface area contributed by atoms with E-state index < -0.39 is 16.1 Å². The largest absolute Gasteiger partial charge is 0.748 e. The lowest BCUT2D eigenvalue weighted by atomic mass is 10.1. The second kappa shape index (κ2) is 13.6. The van der Waals surface area contributed by atoms with Crippen molar-refractivity contribution in [3.63, 3.8) is 0 Å². The van der Waals surface area contributed by atoms with Gasteiger partial charge in [0.05, 0.1) is 29.2 Å². The maximum Gasteiger partial charge on any atom is 0.315 e. The van der Waals surface area contributed by atoms with Crippen LogP contribution in [0.2, 0.25) is 5.02 Å². The van der Waals surface area contributed by atoms with E-state index in [1.54, 1.807) is 98.2 Å². The number of esters is 1. The van der Waals surface area contributed by atoms with E-state index in [0.29, 0.717) is 44.9 Å². The highest BCUT2D eigenvalue weighted by Gasteiger charge is 2.23. The third-order valence-electron chi connectivity index (χ3n) is 6.04. The Morgan fingerprint density at radius 2 is 1.69 bits per heavy atom. The van der Waals surface area contributed by atoms with Crippen LogP contribution in [0.5, 0.6) is 5.75 Å². The number of pyridine rings is 1. The summed E-state index contributed by atoms with van der Waals surface area (Å²) in [6.45, 7) is 1.74. The number of rotatable bonds is 7. The number of halogens is 1. The van der Waals surface area contributed by atoms with Gasteiger partial charge in [0.2, 0.25) is 0 Å². The maximum absolute atomic E-state index is 13.4. The number of hydrogen-bond donors (Lipinski definition) is 0. The molecule has 0 aliphatic carbocycles. The molecule has 222 valence electrons. The highest BCUT2D eigenvalue weighted by molar-refractivity contribution is 7.84. The van der Waals surface area contributed by atoms with Crippen LogP contribution in [-0.2, 0) is 32.8 Å². The van der Waals surface area contributed by atoms with Crippen molar-refractivity contribution in [2.75, 3.05) is 27.5 Å². The molecular weight excluding hydrogens is 586 g/mol. The zero-order chi connectivity index (χ0) is 31.2. The number of nitrogens with zero attached hydrogens (tertiary/aromatic N) is 3. The van der Waals surface area contributed by atoms with Gasteiger partial charge in [-0.3, -0.25) is 19.0 Å². The van der Waals surface area contributed by atoms with Gasteiger partial charge < -0.3 is 18.9 Å². The summed E-state index contributed by atoms with van der Waals surface area (Å²) in [5, 5.41) is 1.26. The molecule has 0 N–H and O–H groups in total. The van der Waals surface area contributed by atoms with Crippen LogP contribution in [0, 0.1) is 6.92 Å². The Balaban J connectivity index is 0.000000892. The molecule has 0 saturated heterocycles. The highest BCUT2D eigenvalue weighted by Crippen LogP contribution is 2.31. The van der Waals surface area contributed by atoms with Gasteiger partial charge in [0.1, 0.15) is 11.3 Å². The first-order valence-corrected chi connectivity index (χ1v) is 14.6. The topological polar surface area (TPSA) is 139 Å². The van der Waals surface area contributed by atoms with Crippen LogP contribution in [0.1, 0.15) is 32.0 Å². The van der Waals surface area contributed by atoms with E-state index >= 15 is 0 Å². The molecule has 11 nitrogen and oxygen atoms in total. The number of aromatic nitrogens is 2. The first kappa shape index (κ1) is 32.3. The average molecular weight is 616 g/mol. The Labute approximate surface area is 248 Å². The summed E-state index contributed by atoms with van der Waals surface area (Å²) >= 11 is 5.99. The molecule has 2 heterocycles. The number of fused-ring (bicyclic) bond motifs is 1. The fourth-order valence-electron chi connectivity index (χ4n) is 4.12. The fourth-order valence-corrected chi connectivity index (χ4v) is 4.25. The van der Waals surface area contributed by atoms with Crippen LogP contribution in [0.4, 0.5) is 0 Å². The van der Waals surface area contributed by atoms with Gasteiger partial charge in [-0.1, -0.05) is 11.6 Å². The molecule has 0 aliphatic heterocycles. The van der Waals surface area contributed by atoms with Gasteiger partial charge in [0, 0.05) is 48.1 Å². The van der Waals surface area contributed by atoms with Crippen molar-refractivity contribution in [2.24, 2.45) is 0 Å². The molecule has 4 aromatic rings. The minimum atomic E-state index is -3.92. The number of amides is 1. The molecule has 0 bridgehead atoms. The quantitative estimate of drug-likeness (QED) is 0.175. The number of ether oxygens (including phenoxy) is 2. The van der Waals surface area contributed by atoms with E-state index in [9.17, 15) is 14.4 Å². The van der Waals surface area contributed by atoms with Crippen LogP contribution in [0.25, 0.3) is 10.9 Å². The van der Waals surface area contributed by atoms with Crippen molar-refractivity contribution in [3.8, 4) is 5.75 Å². The van der Waals surface area contributed by atoms with Crippen molar-refractivity contribution >= 4 is 50.4 Å². The van der Waals surface area contributed by atoms with Gasteiger partial charge in [0.15, 0.2) is 12.4 Å². The number of carbonyl (C=O) groups is 3. The minimum absolute atomic E-state index is 0.0483. The average Bonchev–Trinajstić information content (AvgIpc) is 3.20. The second-order valence-corrected chi connectivity index (χ2v) is 11.3. The van der Waals surface area contributed by atoms with E-state index in [2.05, 4.69) is 0 Å². The molecule has 0 unspecified atom stereocenters. The van der Waals surface area contributed by atoms with Gasteiger partial charge in [-0.05, 0) is 61.0 Å². The zero-order valence-corrected chi connectivity index (χ0v) is 25.2. The Hall–Kier alpha value is -4.26.